The Hall–Kier alpha value is -1.83. The molecule has 2 aromatic rings. The van der Waals surface area contributed by atoms with E-state index in [1.807, 2.05) is 0 Å². The molecule has 1 aliphatic heterocycles. The maximum Gasteiger partial charge on any atom is 0.324 e. The minimum atomic E-state index is -0.690. The van der Waals surface area contributed by atoms with E-state index in [2.05, 4.69) is 10.1 Å². The van der Waals surface area contributed by atoms with Crippen molar-refractivity contribution in [1.29, 1.82) is 0 Å². The van der Waals surface area contributed by atoms with Crippen molar-refractivity contribution in [3.63, 3.8) is 0 Å². The number of carbonyl (C=O) groups excluding carboxylic acids is 1. The van der Waals surface area contributed by atoms with Crippen LogP contribution in [-0.4, -0.2) is 41.8 Å². The molecule has 116 valence electrons. The number of nitrogens with zero attached hydrogens (tertiary/aromatic N) is 3. The van der Waals surface area contributed by atoms with Gasteiger partial charge in [0.1, 0.15) is 0 Å². The summed E-state index contributed by atoms with van der Waals surface area (Å²) >= 11 is 11.9. The number of rotatable bonds is 3. The van der Waals surface area contributed by atoms with Crippen molar-refractivity contribution < 1.29 is 14.1 Å². The molecule has 1 aliphatic rings. The van der Waals surface area contributed by atoms with Gasteiger partial charge in [0.15, 0.2) is 6.10 Å². The van der Waals surface area contributed by atoms with Gasteiger partial charge in [-0.25, -0.2) is 0 Å². The van der Waals surface area contributed by atoms with Gasteiger partial charge in [0.2, 0.25) is 11.7 Å². The molecular formula is C13H12Cl2N4O3. The van der Waals surface area contributed by atoms with Gasteiger partial charge in [-0.3, -0.25) is 4.79 Å². The lowest BCUT2D eigenvalue weighted by Gasteiger charge is -2.29. The van der Waals surface area contributed by atoms with Crippen LogP contribution in [0, 0.1) is 0 Å². The molecule has 0 radical (unpaired) electrons. The summed E-state index contributed by atoms with van der Waals surface area (Å²) in [7, 11) is 0. The molecule has 22 heavy (non-hydrogen) atoms. The molecule has 1 unspecified atom stereocenters. The van der Waals surface area contributed by atoms with Gasteiger partial charge in [-0.05, 0) is 18.2 Å². The predicted octanol–water partition coefficient (Wildman–Crippen LogP) is 1.73. The zero-order chi connectivity index (χ0) is 15.7. The Balaban J connectivity index is 1.82. The molecule has 1 aromatic heterocycles. The second-order valence-electron chi connectivity index (χ2n) is 4.77. The predicted molar refractivity (Wildman–Crippen MR) is 80.9 cm³/mol. The Labute approximate surface area is 135 Å². The quantitative estimate of drug-likeness (QED) is 0.912. The average Bonchev–Trinajstić information content (AvgIpc) is 2.96. The minimum Gasteiger partial charge on any atom is -0.367 e. The number of ether oxygens (including phenoxy) is 1. The van der Waals surface area contributed by atoms with E-state index >= 15 is 0 Å². The maximum absolute atomic E-state index is 11.2. The van der Waals surface area contributed by atoms with Gasteiger partial charge in [-0.1, -0.05) is 28.4 Å². The summed E-state index contributed by atoms with van der Waals surface area (Å²) in [5.74, 6) is -0.160. The number of nitrogens with two attached hydrogens (primary N) is 1. The fraction of sp³-hybridized carbons (Fsp3) is 0.308. The normalized spacial score (nSPS) is 18.5. The van der Waals surface area contributed by atoms with Gasteiger partial charge < -0.3 is 19.9 Å². The van der Waals surface area contributed by atoms with Crippen LogP contribution in [0.15, 0.2) is 22.7 Å². The zero-order valence-electron chi connectivity index (χ0n) is 11.3. The number of hydrogen-bond donors (Lipinski definition) is 1. The van der Waals surface area contributed by atoms with E-state index in [1.165, 1.54) is 0 Å². The molecule has 3 rings (SSSR count). The van der Waals surface area contributed by atoms with E-state index < -0.39 is 12.0 Å². The molecule has 1 amide bonds. The number of anilines is 1. The Morgan fingerprint density at radius 2 is 2.05 bits per heavy atom. The Kier molecular flexibility index (Phi) is 4.19. The van der Waals surface area contributed by atoms with E-state index in [1.54, 1.807) is 23.1 Å². The van der Waals surface area contributed by atoms with Gasteiger partial charge in [0.25, 0.3) is 0 Å². The first-order valence-electron chi connectivity index (χ1n) is 6.49. The first-order chi connectivity index (χ1) is 10.5. The summed E-state index contributed by atoms with van der Waals surface area (Å²) in [5, 5.41) is 4.87. The van der Waals surface area contributed by atoms with Crippen LogP contribution in [0.5, 0.6) is 0 Å². The highest BCUT2D eigenvalue weighted by atomic mass is 35.5. The number of hydrogen-bond acceptors (Lipinski definition) is 6. The molecule has 1 atom stereocenters. The molecule has 1 aromatic carbocycles. The van der Waals surface area contributed by atoms with Gasteiger partial charge in [-0.15, -0.1) is 0 Å². The van der Waals surface area contributed by atoms with Crippen LogP contribution >= 0.6 is 23.2 Å². The van der Waals surface area contributed by atoms with Gasteiger partial charge in [-0.2, -0.15) is 4.98 Å². The first-order valence-corrected chi connectivity index (χ1v) is 7.24. The number of amides is 1. The molecule has 0 saturated carbocycles. The van der Waals surface area contributed by atoms with Crippen LogP contribution in [0.4, 0.5) is 6.01 Å². The summed E-state index contributed by atoms with van der Waals surface area (Å²) in [6.07, 6.45) is -0.690. The van der Waals surface area contributed by atoms with Crippen LogP contribution in [0.3, 0.4) is 0 Å². The maximum atomic E-state index is 11.2. The van der Waals surface area contributed by atoms with Crippen LogP contribution in [0.2, 0.25) is 10.0 Å². The number of halogens is 2. The van der Waals surface area contributed by atoms with E-state index in [4.69, 9.17) is 38.2 Å². The van der Waals surface area contributed by atoms with Crippen molar-refractivity contribution in [3.05, 3.63) is 28.2 Å². The molecule has 9 heteroatoms. The van der Waals surface area contributed by atoms with Gasteiger partial charge in [0, 0.05) is 22.2 Å². The number of aromatic nitrogens is 2. The van der Waals surface area contributed by atoms with Crippen LogP contribution in [0.25, 0.3) is 11.4 Å². The molecule has 0 spiro atoms. The molecule has 0 aliphatic carbocycles. The third kappa shape index (κ3) is 3.16. The third-order valence-corrected chi connectivity index (χ3v) is 3.63. The SMILES string of the molecule is NC(=O)C1CN(c2nc(-c3cc(Cl)cc(Cl)c3)no2)CCO1. The van der Waals surface area contributed by atoms with E-state index in [0.717, 1.165) is 0 Å². The van der Waals surface area contributed by atoms with Crippen molar-refractivity contribution in [1.82, 2.24) is 10.1 Å². The number of carbonyl (C=O) groups is 1. The Morgan fingerprint density at radius 1 is 1.32 bits per heavy atom. The molecule has 1 saturated heterocycles. The fourth-order valence-corrected chi connectivity index (χ4v) is 2.67. The first kappa shape index (κ1) is 15.1. The van der Waals surface area contributed by atoms with Crippen molar-refractivity contribution in [3.8, 4) is 11.4 Å². The van der Waals surface area contributed by atoms with Crippen molar-refractivity contribution >= 4 is 35.1 Å². The monoisotopic (exact) mass is 342 g/mol. The van der Waals surface area contributed by atoms with Crippen LogP contribution < -0.4 is 10.6 Å². The molecule has 7 nitrogen and oxygen atoms in total. The van der Waals surface area contributed by atoms with Gasteiger partial charge in [0.05, 0.1) is 13.2 Å². The van der Waals surface area contributed by atoms with Crippen molar-refractivity contribution in [2.45, 2.75) is 6.10 Å². The second kappa shape index (κ2) is 6.12. The van der Waals surface area contributed by atoms with E-state index in [-0.39, 0.29) is 6.54 Å². The standard InChI is InChI=1S/C13H12Cl2N4O3/c14-8-3-7(4-9(15)5-8)12-17-13(22-18-12)19-1-2-21-10(6-19)11(16)20/h3-5,10H,1-2,6H2,(H2,16,20). The molecule has 1 fully saturated rings. The van der Waals surface area contributed by atoms with Crippen molar-refractivity contribution in [2.24, 2.45) is 5.73 Å². The lowest BCUT2D eigenvalue weighted by Crippen LogP contribution is -2.48. The summed E-state index contributed by atoms with van der Waals surface area (Å²) in [6.45, 7) is 1.16. The lowest BCUT2D eigenvalue weighted by atomic mass is 10.2. The molecular weight excluding hydrogens is 331 g/mol. The largest absolute Gasteiger partial charge is 0.367 e. The average molecular weight is 343 g/mol. The second-order valence-corrected chi connectivity index (χ2v) is 5.64. The van der Waals surface area contributed by atoms with E-state index in [0.29, 0.717) is 40.6 Å². The summed E-state index contributed by atoms with van der Waals surface area (Å²) in [6, 6.07) is 5.29. The Bertz CT molecular complexity index is 686. The van der Waals surface area contributed by atoms with Crippen molar-refractivity contribution in [2.75, 3.05) is 24.6 Å². The molecule has 2 heterocycles. The molecule has 0 bridgehead atoms. The summed E-state index contributed by atoms with van der Waals surface area (Å²) in [4.78, 5) is 17.3. The number of primary amides is 1. The highest BCUT2D eigenvalue weighted by Crippen LogP contribution is 2.27. The summed E-state index contributed by atoms with van der Waals surface area (Å²) in [5.41, 5.74) is 5.90. The zero-order valence-corrected chi connectivity index (χ0v) is 12.8. The Morgan fingerprint density at radius 3 is 2.73 bits per heavy atom. The third-order valence-electron chi connectivity index (χ3n) is 3.19. The van der Waals surface area contributed by atoms with Gasteiger partial charge >= 0.3 is 6.01 Å². The van der Waals surface area contributed by atoms with E-state index in [9.17, 15) is 4.79 Å². The van der Waals surface area contributed by atoms with Crippen LogP contribution in [0.1, 0.15) is 0 Å². The highest BCUT2D eigenvalue weighted by molar-refractivity contribution is 6.35. The lowest BCUT2D eigenvalue weighted by molar-refractivity contribution is -0.130. The number of benzene rings is 1. The highest BCUT2D eigenvalue weighted by Gasteiger charge is 2.28. The minimum absolute atomic E-state index is 0.271. The fourth-order valence-electron chi connectivity index (χ4n) is 2.14. The smallest absolute Gasteiger partial charge is 0.324 e. The number of morpholine rings is 1. The van der Waals surface area contributed by atoms with Crippen LogP contribution in [-0.2, 0) is 9.53 Å². The summed E-state index contributed by atoms with van der Waals surface area (Å²) < 4.78 is 10.5. The molecule has 2 N–H and O–H groups in total. The topological polar surface area (TPSA) is 94.5 Å².